The molecule has 2 aromatic rings. The van der Waals surface area contributed by atoms with E-state index in [2.05, 4.69) is 26.5 Å². The van der Waals surface area contributed by atoms with Gasteiger partial charge in [0.1, 0.15) is 5.82 Å². The van der Waals surface area contributed by atoms with E-state index in [0.717, 1.165) is 17.0 Å². The normalized spacial score (nSPS) is 12.7. The van der Waals surface area contributed by atoms with Crippen molar-refractivity contribution in [1.29, 1.82) is 0 Å². The van der Waals surface area contributed by atoms with Crippen molar-refractivity contribution in [3.63, 3.8) is 0 Å². The summed E-state index contributed by atoms with van der Waals surface area (Å²) >= 11 is 9.58. The molecule has 2 rings (SSSR count). The molecule has 1 aromatic carbocycles. The Hall–Kier alpha value is -0.950. The van der Waals surface area contributed by atoms with Crippen LogP contribution in [0.1, 0.15) is 29.9 Å². The fourth-order valence-electron chi connectivity index (χ4n) is 2.31. The van der Waals surface area contributed by atoms with Gasteiger partial charge in [0.05, 0.1) is 26.9 Å². The number of hydrogen-bond donors (Lipinski definition) is 2. The highest BCUT2D eigenvalue weighted by Gasteiger charge is 2.21. The van der Waals surface area contributed by atoms with Crippen molar-refractivity contribution >= 4 is 27.5 Å². The number of nitrogens with zero attached hydrogens (tertiary/aromatic N) is 2. The fourth-order valence-corrected chi connectivity index (χ4v) is 3.06. The van der Waals surface area contributed by atoms with Crippen LogP contribution in [0, 0.1) is 12.7 Å². The first kappa shape index (κ1) is 16.4. The van der Waals surface area contributed by atoms with Crippen LogP contribution in [0.25, 0.3) is 0 Å². The number of halogens is 3. The molecule has 0 saturated carbocycles. The molecule has 0 spiro atoms. The number of hydrogen-bond acceptors (Lipinski definition) is 3. The molecule has 3 N–H and O–H groups in total. The Morgan fingerprint density at radius 1 is 1.52 bits per heavy atom. The van der Waals surface area contributed by atoms with E-state index in [1.165, 1.54) is 6.07 Å². The lowest BCUT2D eigenvalue weighted by Gasteiger charge is -2.19. The van der Waals surface area contributed by atoms with Crippen LogP contribution in [0.4, 0.5) is 4.39 Å². The van der Waals surface area contributed by atoms with Gasteiger partial charge in [-0.3, -0.25) is 16.0 Å². The molecule has 1 aromatic heterocycles. The smallest absolute Gasteiger partial charge is 0.137 e. The summed E-state index contributed by atoms with van der Waals surface area (Å²) in [7, 11) is 0. The molecule has 1 unspecified atom stereocenters. The minimum absolute atomic E-state index is 0.269. The van der Waals surface area contributed by atoms with E-state index in [9.17, 15) is 4.39 Å². The summed E-state index contributed by atoms with van der Waals surface area (Å²) in [5.74, 6) is 5.33. The van der Waals surface area contributed by atoms with Crippen LogP contribution < -0.4 is 11.3 Å². The molecule has 0 bridgehead atoms. The maximum Gasteiger partial charge on any atom is 0.137 e. The zero-order valence-electron chi connectivity index (χ0n) is 11.8. The topological polar surface area (TPSA) is 55.9 Å². The quantitative estimate of drug-likeness (QED) is 0.621. The summed E-state index contributed by atoms with van der Waals surface area (Å²) in [5, 5.41) is 5.01. The average molecular weight is 376 g/mol. The molecule has 0 aliphatic carbocycles. The Kier molecular flexibility index (Phi) is 5.37. The minimum atomic E-state index is -0.320. The van der Waals surface area contributed by atoms with Gasteiger partial charge in [-0.05, 0) is 41.4 Å². The highest BCUT2D eigenvalue weighted by atomic mass is 79.9. The molecular weight excluding hydrogens is 359 g/mol. The third-order valence-corrected chi connectivity index (χ3v) is 4.74. The van der Waals surface area contributed by atoms with E-state index in [1.807, 2.05) is 24.6 Å². The second-order valence-corrected chi connectivity index (χ2v) is 5.90. The number of aryl methyl sites for hydroxylation is 2. The second kappa shape index (κ2) is 6.87. The predicted octanol–water partition coefficient (Wildman–Crippen LogP) is 3.51. The molecular formula is C14H17BrClFN4. The maximum absolute atomic E-state index is 13.7. The van der Waals surface area contributed by atoms with Crippen molar-refractivity contribution in [2.45, 2.75) is 32.9 Å². The van der Waals surface area contributed by atoms with Crippen LogP contribution in [0.2, 0.25) is 5.02 Å². The van der Waals surface area contributed by atoms with Gasteiger partial charge >= 0.3 is 0 Å². The van der Waals surface area contributed by atoms with Gasteiger partial charge in [-0.15, -0.1) is 0 Å². The van der Waals surface area contributed by atoms with Gasteiger partial charge in [0.25, 0.3) is 0 Å². The van der Waals surface area contributed by atoms with E-state index in [-0.39, 0.29) is 11.9 Å². The van der Waals surface area contributed by atoms with Crippen molar-refractivity contribution in [3.05, 3.63) is 50.5 Å². The molecule has 0 aliphatic rings. The molecule has 7 heteroatoms. The standard InChI is InChI=1S/C14H17BrClFN4/c1-3-21-12(14(16)8(2)20-21)7-11(19-18)9-5-4-6-10(17)13(9)15/h4-6,11,19H,3,7,18H2,1-2H3. The monoisotopic (exact) mass is 374 g/mol. The van der Waals surface area contributed by atoms with Crippen LogP contribution in [-0.2, 0) is 13.0 Å². The summed E-state index contributed by atoms with van der Waals surface area (Å²) in [4.78, 5) is 0. The largest absolute Gasteiger partial charge is 0.271 e. The number of benzene rings is 1. The highest BCUT2D eigenvalue weighted by Crippen LogP contribution is 2.30. The van der Waals surface area contributed by atoms with Gasteiger partial charge < -0.3 is 0 Å². The summed E-state index contributed by atoms with van der Waals surface area (Å²) in [6.45, 7) is 4.57. The van der Waals surface area contributed by atoms with E-state index in [4.69, 9.17) is 17.4 Å². The summed E-state index contributed by atoms with van der Waals surface area (Å²) in [6, 6.07) is 4.61. The molecule has 0 saturated heterocycles. The van der Waals surface area contributed by atoms with Crippen LogP contribution in [0.15, 0.2) is 22.7 Å². The van der Waals surface area contributed by atoms with Crippen molar-refractivity contribution < 1.29 is 4.39 Å². The van der Waals surface area contributed by atoms with Crippen LogP contribution in [0.3, 0.4) is 0 Å². The highest BCUT2D eigenvalue weighted by molar-refractivity contribution is 9.10. The zero-order chi connectivity index (χ0) is 15.6. The molecule has 114 valence electrons. The van der Waals surface area contributed by atoms with Gasteiger partial charge in [-0.1, -0.05) is 23.7 Å². The lowest BCUT2D eigenvalue weighted by molar-refractivity contribution is 0.510. The van der Waals surface area contributed by atoms with Crippen molar-refractivity contribution in [1.82, 2.24) is 15.2 Å². The van der Waals surface area contributed by atoms with E-state index in [1.54, 1.807) is 6.07 Å². The lowest BCUT2D eigenvalue weighted by Crippen LogP contribution is -2.30. The fraction of sp³-hybridized carbons (Fsp3) is 0.357. The van der Waals surface area contributed by atoms with Crippen LogP contribution >= 0.6 is 27.5 Å². The summed E-state index contributed by atoms with van der Waals surface area (Å²) in [5.41, 5.74) is 5.14. The Bertz CT molecular complexity index is 644. The SMILES string of the molecule is CCn1nc(C)c(Cl)c1CC(NN)c1cccc(F)c1Br. The molecule has 0 fully saturated rings. The van der Waals surface area contributed by atoms with Gasteiger partial charge in [0.15, 0.2) is 0 Å². The zero-order valence-corrected chi connectivity index (χ0v) is 14.2. The maximum atomic E-state index is 13.7. The Morgan fingerprint density at radius 3 is 2.86 bits per heavy atom. The Morgan fingerprint density at radius 2 is 2.24 bits per heavy atom. The molecule has 0 aliphatic heterocycles. The molecule has 4 nitrogen and oxygen atoms in total. The third kappa shape index (κ3) is 3.29. The van der Waals surface area contributed by atoms with E-state index >= 15 is 0 Å². The first-order valence-corrected chi connectivity index (χ1v) is 7.78. The Labute approximate surface area is 136 Å². The first-order valence-electron chi connectivity index (χ1n) is 6.61. The van der Waals surface area contributed by atoms with Gasteiger partial charge in [0, 0.05) is 13.0 Å². The number of nitrogens with one attached hydrogen (secondary N) is 1. The molecule has 1 heterocycles. The van der Waals surface area contributed by atoms with E-state index in [0.29, 0.717) is 22.5 Å². The molecule has 0 radical (unpaired) electrons. The first-order chi connectivity index (χ1) is 9.99. The number of hydrazine groups is 1. The molecule has 21 heavy (non-hydrogen) atoms. The van der Waals surface area contributed by atoms with Crippen molar-refractivity contribution in [3.8, 4) is 0 Å². The molecule has 0 amide bonds. The van der Waals surface area contributed by atoms with Crippen LogP contribution in [0.5, 0.6) is 0 Å². The van der Waals surface area contributed by atoms with E-state index < -0.39 is 0 Å². The third-order valence-electron chi connectivity index (χ3n) is 3.41. The lowest BCUT2D eigenvalue weighted by atomic mass is 10.0. The Balaban J connectivity index is 2.38. The summed E-state index contributed by atoms with van der Waals surface area (Å²) < 4.78 is 15.9. The van der Waals surface area contributed by atoms with Crippen molar-refractivity contribution in [2.75, 3.05) is 0 Å². The van der Waals surface area contributed by atoms with Gasteiger partial charge in [-0.25, -0.2) is 4.39 Å². The van der Waals surface area contributed by atoms with Crippen molar-refractivity contribution in [2.24, 2.45) is 5.84 Å². The summed E-state index contributed by atoms with van der Waals surface area (Å²) in [6.07, 6.45) is 0.520. The molecule has 1 atom stereocenters. The average Bonchev–Trinajstić information content (AvgIpc) is 2.75. The minimum Gasteiger partial charge on any atom is -0.271 e. The van der Waals surface area contributed by atoms with Gasteiger partial charge in [0.2, 0.25) is 0 Å². The predicted molar refractivity (Wildman–Crippen MR) is 85.5 cm³/mol. The number of aromatic nitrogens is 2. The van der Waals surface area contributed by atoms with Gasteiger partial charge in [-0.2, -0.15) is 5.10 Å². The number of rotatable bonds is 5. The second-order valence-electron chi connectivity index (χ2n) is 4.73. The van der Waals surface area contributed by atoms with Crippen LogP contribution in [-0.4, -0.2) is 9.78 Å². The number of nitrogens with two attached hydrogens (primary N) is 1.